The fraction of sp³-hybridized carbons (Fsp3) is 0.500. The number of pyridine rings is 1. The van der Waals surface area contributed by atoms with Gasteiger partial charge in [0.15, 0.2) is 0 Å². The van der Waals surface area contributed by atoms with E-state index in [1.165, 1.54) is 6.42 Å². The predicted molar refractivity (Wildman–Crippen MR) is 109 cm³/mol. The van der Waals surface area contributed by atoms with E-state index in [1.54, 1.807) is 18.5 Å². The third-order valence-electron chi connectivity index (χ3n) is 6.64. The molecule has 2 aliphatic heterocycles. The summed E-state index contributed by atoms with van der Waals surface area (Å²) in [5, 5.41) is 3.02. The van der Waals surface area contributed by atoms with Crippen molar-refractivity contribution >= 4 is 17.6 Å². The molecule has 0 radical (unpaired) electrons. The topological polar surface area (TPSA) is 81.3 Å². The lowest BCUT2D eigenvalue weighted by Gasteiger charge is -2.37. The molecule has 7 nitrogen and oxygen atoms in total. The van der Waals surface area contributed by atoms with Crippen LogP contribution in [0.25, 0.3) is 0 Å². The number of aromatic amines is 1. The molecule has 3 fully saturated rings. The maximum Gasteiger partial charge on any atom is 0.267 e. The number of hydrogen-bond donors (Lipinski definition) is 2. The van der Waals surface area contributed by atoms with Crippen LogP contribution in [0, 0.1) is 17.8 Å². The lowest BCUT2D eigenvalue weighted by atomic mass is 9.95. The molecule has 2 aromatic rings. The number of anilines is 1. The Morgan fingerprint density at radius 2 is 2.14 bits per heavy atom. The van der Waals surface area contributed by atoms with Crippen molar-refractivity contribution < 1.29 is 9.59 Å². The fourth-order valence-electron chi connectivity index (χ4n) is 5.01. The second kappa shape index (κ2) is 7.54. The summed E-state index contributed by atoms with van der Waals surface area (Å²) in [4.78, 5) is 37.4. The van der Waals surface area contributed by atoms with Crippen LogP contribution in [0.3, 0.4) is 0 Å². The number of amides is 2. The van der Waals surface area contributed by atoms with Crippen molar-refractivity contribution in [2.75, 3.05) is 31.1 Å². The Balaban J connectivity index is 1.23. The summed E-state index contributed by atoms with van der Waals surface area (Å²) in [7, 11) is 0. The van der Waals surface area contributed by atoms with Crippen molar-refractivity contribution in [1.29, 1.82) is 0 Å². The highest BCUT2D eigenvalue weighted by atomic mass is 16.2. The molecule has 7 heteroatoms. The Hall–Kier alpha value is -2.83. The van der Waals surface area contributed by atoms with Gasteiger partial charge in [-0.05, 0) is 55.4 Å². The Bertz CT molecular complexity index is 869. The lowest BCUT2D eigenvalue weighted by Crippen LogP contribution is -2.50. The number of piperidine rings is 2. The van der Waals surface area contributed by atoms with Gasteiger partial charge in [0, 0.05) is 38.6 Å². The van der Waals surface area contributed by atoms with Crippen LogP contribution in [0.15, 0.2) is 42.7 Å². The van der Waals surface area contributed by atoms with Crippen molar-refractivity contribution in [3.8, 4) is 0 Å². The van der Waals surface area contributed by atoms with Crippen LogP contribution in [0.4, 0.5) is 5.82 Å². The number of rotatable bonds is 5. The van der Waals surface area contributed by atoms with E-state index in [0.717, 1.165) is 38.3 Å². The average Bonchev–Trinajstić information content (AvgIpc) is 3.17. The van der Waals surface area contributed by atoms with Crippen LogP contribution in [0.1, 0.15) is 29.8 Å². The van der Waals surface area contributed by atoms with Gasteiger partial charge in [-0.25, -0.2) is 4.98 Å². The largest absolute Gasteiger partial charge is 0.357 e. The van der Waals surface area contributed by atoms with Crippen LogP contribution in [0.2, 0.25) is 0 Å². The zero-order valence-electron chi connectivity index (χ0n) is 16.5. The van der Waals surface area contributed by atoms with E-state index in [1.807, 2.05) is 24.3 Å². The molecule has 1 unspecified atom stereocenters. The smallest absolute Gasteiger partial charge is 0.267 e. The van der Waals surface area contributed by atoms with Crippen LogP contribution in [0.5, 0.6) is 0 Å². The van der Waals surface area contributed by atoms with Crippen molar-refractivity contribution in [3.63, 3.8) is 0 Å². The summed E-state index contributed by atoms with van der Waals surface area (Å²) in [6.07, 6.45) is 6.65. The number of nitrogens with one attached hydrogen (secondary N) is 2. The van der Waals surface area contributed by atoms with E-state index in [4.69, 9.17) is 0 Å². The van der Waals surface area contributed by atoms with Gasteiger partial charge in [0.05, 0.1) is 12.0 Å². The third-order valence-corrected chi connectivity index (χ3v) is 6.64. The minimum Gasteiger partial charge on any atom is -0.357 e. The van der Waals surface area contributed by atoms with Gasteiger partial charge in [-0.1, -0.05) is 6.07 Å². The number of hydrogen-bond acceptors (Lipinski definition) is 4. The van der Waals surface area contributed by atoms with Gasteiger partial charge in [-0.2, -0.15) is 0 Å². The highest BCUT2D eigenvalue weighted by molar-refractivity contribution is 5.92. The third kappa shape index (κ3) is 3.61. The molecule has 152 valence electrons. The van der Waals surface area contributed by atoms with Crippen molar-refractivity contribution in [2.45, 2.75) is 25.3 Å². The van der Waals surface area contributed by atoms with Crippen molar-refractivity contribution in [1.82, 2.24) is 20.2 Å². The molecule has 2 N–H and O–H groups in total. The second-order valence-electron chi connectivity index (χ2n) is 8.48. The van der Waals surface area contributed by atoms with Gasteiger partial charge < -0.3 is 20.1 Å². The van der Waals surface area contributed by atoms with Gasteiger partial charge in [-0.3, -0.25) is 9.59 Å². The fourth-order valence-corrected chi connectivity index (χ4v) is 5.01. The van der Waals surface area contributed by atoms with Gasteiger partial charge in [0.25, 0.3) is 5.91 Å². The standard InChI is InChI=1S/C22H27N5O2/c28-21(18-6-3-9-23-18)25-12-19-17-11-16(17)14-27(19)22(29)15-5-4-10-26(13-15)20-7-1-2-8-24-20/h1-3,6-9,15-17,19,23H,4-5,10-14H2,(H,25,28)/t15?,16-,17-,19+/m0/s1. The molecule has 0 aromatic carbocycles. The van der Waals surface area contributed by atoms with Gasteiger partial charge in [0.2, 0.25) is 5.91 Å². The predicted octanol–water partition coefficient (Wildman–Crippen LogP) is 1.90. The monoisotopic (exact) mass is 393 g/mol. The second-order valence-corrected chi connectivity index (χ2v) is 8.48. The first-order valence-corrected chi connectivity index (χ1v) is 10.6. The Labute approximate surface area is 170 Å². The summed E-state index contributed by atoms with van der Waals surface area (Å²) < 4.78 is 0. The minimum absolute atomic E-state index is 0.00450. The number of H-pyrrole nitrogens is 1. The number of likely N-dealkylation sites (tertiary alicyclic amines) is 1. The molecule has 2 aromatic heterocycles. The van der Waals surface area contributed by atoms with E-state index in [0.29, 0.717) is 24.1 Å². The number of carbonyl (C=O) groups excluding carboxylic acids is 2. The number of aromatic nitrogens is 2. The quantitative estimate of drug-likeness (QED) is 0.813. The zero-order valence-corrected chi connectivity index (χ0v) is 16.5. The molecule has 0 spiro atoms. The molecule has 0 bridgehead atoms. The Kier molecular flexibility index (Phi) is 4.73. The van der Waals surface area contributed by atoms with E-state index < -0.39 is 0 Å². The summed E-state index contributed by atoms with van der Waals surface area (Å²) >= 11 is 0. The summed E-state index contributed by atoms with van der Waals surface area (Å²) in [5.74, 6) is 2.25. The minimum atomic E-state index is -0.106. The Morgan fingerprint density at radius 1 is 1.21 bits per heavy atom. The van der Waals surface area contributed by atoms with Gasteiger partial charge in [-0.15, -0.1) is 0 Å². The van der Waals surface area contributed by atoms with E-state index in [2.05, 4.69) is 25.1 Å². The average molecular weight is 393 g/mol. The lowest BCUT2D eigenvalue weighted by molar-refractivity contribution is -0.137. The van der Waals surface area contributed by atoms with Crippen LogP contribution in [-0.2, 0) is 4.79 Å². The summed E-state index contributed by atoms with van der Waals surface area (Å²) in [5.41, 5.74) is 0.562. The Morgan fingerprint density at radius 3 is 2.93 bits per heavy atom. The van der Waals surface area contributed by atoms with Crippen LogP contribution < -0.4 is 10.2 Å². The molecule has 3 aliphatic rings. The number of nitrogens with zero attached hydrogens (tertiary/aromatic N) is 3. The summed E-state index contributed by atoms with van der Waals surface area (Å²) in [6.45, 7) is 3.04. The number of fused-ring (bicyclic) bond motifs is 1. The van der Waals surface area contributed by atoms with Crippen molar-refractivity contribution in [3.05, 3.63) is 48.4 Å². The van der Waals surface area contributed by atoms with Crippen LogP contribution >= 0.6 is 0 Å². The zero-order chi connectivity index (χ0) is 19.8. The van der Waals surface area contributed by atoms with E-state index >= 15 is 0 Å². The van der Waals surface area contributed by atoms with Gasteiger partial charge >= 0.3 is 0 Å². The molecule has 1 aliphatic carbocycles. The normalized spacial score (nSPS) is 28.1. The first-order chi connectivity index (χ1) is 14.2. The highest BCUT2D eigenvalue weighted by Crippen LogP contribution is 2.49. The molecule has 29 heavy (non-hydrogen) atoms. The van der Waals surface area contributed by atoms with E-state index in [9.17, 15) is 9.59 Å². The molecule has 4 atom stereocenters. The number of carbonyl (C=O) groups is 2. The molecular weight excluding hydrogens is 366 g/mol. The summed E-state index contributed by atoms with van der Waals surface area (Å²) in [6, 6.07) is 9.62. The van der Waals surface area contributed by atoms with Crippen molar-refractivity contribution in [2.24, 2.45) is 17.8 Å². The molecule has 2 saturated heterocycles. The first-order valence-electron chi connectivity index (χ1n) is 10.6. The van der Waals surface area contributed by atoms with Gasteiger partial charge in [0.1, 0.15) is 11.5 Å². The molecule has 5 rings (SSSR count). The molecule has 1 saturated carbocycles. The highest BCUT2D eigenvalue weighted by Gasteiger charge is 2.54. The van der Waals surface area contributed by atoms with E-state index in [-0.39, 0.29) is 23.8 Å². The molecule has 2 amide bonds. The van der Waals surface area contributed by atoms with Crippen LogP contribution in [-0.4, -0.2) is 58.9 Å². The molecular formula is C22H27N5O2. The first kappa shape index (κ1) is 18.2. The molecule has 4 heterocycles. The maximum absolute atomic E-state index is 13.4. The maximum atomic E-state index is 13.4. The SMILES string of the molecule is O=C(NC[C@@H]1[C@H]2C[C@H]2CN1C(=O)C1CCCN(c2ccccn2)C1)c1ccc[nH]1.